The van der Waals surface area contributed by atoms with Gasteiger partial charge in [-0.05, 0) is 29.2 Å². The number of fused-ring (bicyclic) bond motifs is 1. The molecule has 2 N–H and O–H groups in total. The van der Waals surface area contributed by atoms with Crippen LogP contribution in [0.1, 0.15) is 32.8 Å². The van der Waals surface area contributed by atoms with Gasteiger partial charge in [0.25, 0.3) is 0 Å². The third-order valence-electron chi connectivity index (χ3n) is 4.03. The number of hydrogen-bond donors (Lipinski definition) is 2. The van der Waals surface area contributed by atoms with E-state index in [0.29, 0.717) is 13.0 Å². The fraction of sp³-hybridized carbons (Fsp3) is 0.286. The van der Waals surface area contributed by atoms with Gasteiger partial charge in [0.2, 0.25) is 5.91 Å². The van der Waals surface area contributed by atoms with Crippen LogP contribution in [0, 0.1) is 5.41 Å². The molecule has 0 aliphatic heterocycles. The van der Waals surface area contributed by atoms with E-state index in [-0.39, 0.29) is 17.2 Å². The molecule has 1 heterocycles. The van der Waals surface area contributed by atoms with Crippen LogP contribution in [0.15, 0.2) is 54.7 Å². The van der Waals surface area contributed by atoms with Crippen LogP contribution < -0.4 is 5.32 Å². The maximum Gasteiger partial charge on any atom is 0.224 e. The molecule has 0 radical (unpaired) electrons. The summed E-state index contributed by atoms with van der Waals surface area (Å²) < 4.78 is 1.82. The topological polar surface area (TPSA) is 54.3 Å². The highest BCUT2D eigenvalue weighted by atomic mass is 16.3. The van der Waals surface area contributed by atoms with Gasteiger partial charge in [-0.3, -0.25) is 4.79 Å². The van der Waals surface area contributed by atoms with E-state index in [0.717, 1.165) is 22.0 Å². The average molecular weight is 336 g/mol. The molecule has 0 saturated carbocycles. The summed E-state index contributed by atoms with van der Waals surface area (Å²) in [5.41, 5.74) is 1.82. The number of anilines is 1. The summed E-state index contributed by atoms with van der Waals surface area (Å²) in [7, 11) is 0. The Balaban J connectivity index is 1.82. The first-order chi connectivity index (χ1) is 11.8. The number of amides is 1. The zero-order valence-corrected chi connectivity index (χ0v) is 14.9. The van der Waals surface area contributed by atoms with Gasteiger partial charge >= 0.3 is 0 Å². The average Bonchev–Trinajstić information content (AvgIpc) is 2.82. The van der Waals surface area contributed by atoms with E-state index in [1.54, 1.807) is 0 Å². The van der Waals surface area contributed by atoms with E-state index in [4.69, 9.17) is 0 Å². The molecular weight excluding hydrogens is 312 g/mol. The van der Waals surface area contributed by atoms with Crippen molar-refractivity contribution in [3.63, 3.8) is 0 Å². The summed E-state index contributed by atoms with van der Waals surface area (Å²) >= 11 is 0. The number of aromatic hydroxyl groups is 1. The molecule has 2 aromatic carbocycles. The van der Waals surface area contributed by atoms with E-state index >= 15 is 0 Å². The summed E-state index contributed by atoms with van der Waals surface area (Å²) in [5, 5.41) is 15.1. The molecule has 4 nitrogen and oxygen atoms in total. The predicted molar refractivity (Wildman–Crippen MR) is 102 cm³/mol. The second kappa shape index (κ2) is 6.63. The van der Waals surface area contributed by atoms with Gasteiger partial charge in [0.1, 0.15) is 0 Å². The van der Waals surface area contributed by atoms with Gasteiger partial charge in [0, 0.05) is 29.1 Å². The Morgan fingerprint density at radius 1 is 1.12 bits per heavy atom. The van der Waals surface area contributed by atoms with E-state index in [1.165, 1.54) is 0 Å². The normalized spacial score (nSPS) is 11.6. The lowest BCUT2D eigenvalue weighted by molar-refractivity contribution is -0.117. The zero-order chi connectivity index (χ0) is 18.0. The second-order valence-corrected chi connectivity index (χ2v) is 7.65. The van der Waals surface area contributed by atoms with Crippen LogP contribution in [-0.4, -0.2) is 15.6 Å². The minimum atomic E-state index is -0.0501. The van der Waals surface area contributed by atoms with Crippen LogP contribution in [0.2, 0.25) is 0 Å². The van der Waals surface area contributed by atoms with Gasteiger partial charge in [0.15, 0.2) is 5.88 Å². The number of rotatable bonds is 4. The molecule has 0 unspecified atom stereocenters. The summed E-state index contributed by atoms with van der Waals surface area (Å²) in [6, 6.07) is 15.6. The summed E-state index contributed by atoms with van der Waals surface area (Å²) in [4.78, 5) is 12.1. The summed E-state index contributed by atoms with van der Waals surface area (Å²) in [5.74, 6) is 0.242. The van der Waals surface area contributed by atoms with Gasteiger partial charge in [-0.1, -0.05) is 51.1 Å². The molecule has 0 aliphatic carbocycles. The van der Waals surface area contributed by atoms with E-state index in [9.17, 15) is 9.90 Å². The molecule has 0 aliphatic rings. The molecule has 3 rings (SSSR count). The molecule has 3 aromatic rings. The highest BCUT2D eigenvalue weighted by Crippen LogP contribution is 2.30. The van der Waals surface area contributed by atoms with Crippen molar-refractivity contribution in [2.24, 2.45) is 5.41 Å². The molecule has 1 aromatic heterocycles. The fourth-order valence-electron chi connectivity index (χ4n) is 2.92. The highest BCUT2D eigenvalue weighted by molar-refractivity contribution is 5.96. The van der Waals surface area contributed by atoms with Crippen molar-refractivity contribution in [1.82, 2.24) is 4.57 Å². The Labute approximate surface area is 148 Å². The molecular formula is C21H24N2O2. The first-order valence-corrected chi connectivity index (χ1v) is 8.47. The first-order valence-electron chi connectivity index (χ1n) is 8.47. The smallest absolute Gasteiger partial charge is 0.224 e. The minimum absolute atomic E-state index is 0.000194. The van der Waals surface area contributed by atoms with Gasteiger partial charge < -0.3 is 15.0 Å². The Kier molecular flexibility index (Phi) is 4.53. The molecule has 25 heavy (non-hydrogen) atoms. The maximum absolute atomic E-state index is 12.1. The quantitative estimate of drug-likeness (QED) is 0.721. The van der Waals surface area contributed by atoms with Crippen LogP contribution in [0.3, 0.4) is 0 Å². The molecule has 1 amide bonds. The lowest BCUT2D eigenvalue weighted by Crippen LogP contribution is -2.19. The minimum Gasteiger partial charge on any atom is -0.494 e. The van der Waals surface area contributed by atoms with Crippen molar-refractivity contribution in [1.29, 1.82) is 0 Å². The standard InChI is InChI=1S/C21H24N2O2/c1-21(2,3)12-19(24)22-17-9-10-18-16(11-17)14-23(20(18)25)13-15-7-5-4-6-8-15/h4-11,14,25H,12-13H2,1-3H3,(H,22,24). The molecule has 0 atom stereocenters. The number of benzene rings is 2. The maximum atomic E-state index is 12.1. The molecule has 0 fully saturated rings. The van der Waals surface area contributed by atoms with Crippen LogP contribution in [0.5, 0.6) is 5.88 Å². The van der Waals surface area contributed by atoms with Crippen LogP contribution >= 0.6 is 0 Å². The van der Waals surface area contributed by atoms with Crippen molar-refractivity contribution in [2.45, 2.75) is 33.7 Å². The van der Waals surface area contributed by atoms with Crippen molar-refractivity contribution in [3.8, 4) is 5.88 Å². The van der Waals surface area contributed by atoms with Crippen molar-refractivity contribution < 1.29 is 9.90 Å². The monoisotopic (exact) mass is 336 g/mol. The fourth-order valence-corrected chi connectivity index (χ4v) is 2.92. The lowest BCUT2D eigenvalue weighted by Gasteiger charge is -2.17. The second-order valence-electron chi connectivity index (χ2n) is 7.65. The Hall–Kier alpha value is -2.75. The summed E-state index contributed by atoms with van der Waals surface area (Å²) in [6.45, 7) is 6.72. The number of nitrogens with one attached hydrogen (secondary N) is 1. The van der Waals surface area contributed by atoms with Gasteiger partial charge in [-0.25, -0.2) is 0 Å². The first kappa shape index (κ1) is 17.1. The Morgan fingerprint density at radius 2 is 1.84 bits per heavy atom. The van der Waals surface area contributed by atoms with Gasteiger partial charge in [-0.2, -0.15) is 0 Å². The highest BCUT2D eigenvalue weighted by Gasteiger charge is 2.16. The number of nitrogens with zero attached hydrogens (tertiary/aromatic N) is 1. The zero-order valence-electron chi connectivity index (χ0n) is 14.9. The molecule has 4 heteroatoms. The SMILES string of the molecule is CC(C)(C)CC(=O)Nc1ccc2c(O)n(Cc3ccccc3)cc2c1. The Bertz CT molecular complexity index is 889. The van der Waals surface area contributed by atoms with E-state index in [1.807, 2.05) is 80.1 Å². The van der Waals surface area contributed by atoms with Crippen molar-refractivity contribution >= 4 is 22.4 Å². The van der Waals surface area contributed by atoms with Crippen LogP contribution in [-0.2, 0) is 11.3 Å². The number of aromatic nitrogens is 1. The lowest BCUT2D eigenvalue weighted by atomic mass is 9.92. The van der Waals surface area contributed by atoms with Crippen LogP contribution in [0.25, 0.3) is 10.8 Å². The molecule has 0 saturated heterocycles. The Morgan fingerprint density at radius 3 is 2.52 bits per heavy atom. The third-order valence-corrected chi connectivity index (χ3v) is 4.03. The summed E-state index contributed by atoms with van der Waals surface area (Å²) in [6.07, 6.45) is 2.38. The van der Waals surface area contributed by atoms with Gasteiger partial charge in [0.05, 0.1) is 6.54 Å². The molecule has 0 spiro atoms. The third kappa shape index (κ3) is 4.21. The largest absolute Gasteiger partial charge is 0.494 e. The van der Waals surface area contributed by atoms with E-state index < -0.39 is 0 Å². The van der Waals surface area contributed by atoms with Crippen molar-refractivity contribution in [3.05, 3.63) is 60.3 Å². The predicted octanol–water partition coefficient (Wildman–Crippen LogP) is 4.77. The van der Waals surface area contributed by atoms with Gasteiger partial charge in [-0.15, -0.1) is 0 Å². The van der Waals surface area contributed by atoms with Crippen LogP contribution in [0.4, 0.5) is 5.69 Å². The van der Waals surface area contributed by atoms with E-state index in [2.05, 4.69) is 5.32 Å². The number of hydrogen-bond acceptors (Lipinski definition) is 2. The van der Waals surface area contributed by atoms with Crippen molar-refractivity contribution in [2.75, 3.05) is 5.32 Å². The number of carbonyl (C=O) groups excluding carboxylic acids is 1. The number of carbonyl (C=O) groups is 1. The molecule has 130 valence electrons. The molecule has 0 bridgehead atoms.